The van der Waals surface area contributed by atoms with E-state index in [0.29, 0.717) is 5.56 Å². The normalized spacial score (nSPS) is 11.5. The van der Waals surface area contributed by atoms with E-state index in [-0.39, 0.29) is 12.2 Å². The van der Waals surface area contributed by atoms with Gasteiger partial charge in [0.2, 0.25) is 5.91 Å². The van der Waals surface area contributed by atoms with Crippen molar-refractivity contribution in [2.75, 3.05) is 0 Å². The number of carbonyl (C=O) groups excluding carboxylic acids is 2. The van der Waals surface area contributed by atoms with E-state index in [1.54, 1.807) is 0 Å². The van der Waals surface area contributed by atoms with Gasteiger partial charge in [-0.15, -0.1) is 0 Å². The first-order chi connectivity index (χ1) is 12.5. The number of Topliss-reactive ketones (excluding diaryl/α,β-unsaturated/α-hetero) is 1. The number of alkyl halides is 3. The van der Waals surface area contributed by atoms with Crippen molar-refractivity contribution in [3.8, 4) is 11.5 Å². The Morgan fingerprint density at radius 1 is 1.11 bits per heavy atom. The zero-order valence-electron chi connectivity index (χ0n) is 14.6. The minimum Gasteiger partial charge on any atom is -0.506 e. The smallest absolute Gasteiger partial charge is 0.423 e. The fourth-order valence-corrected chi connectivity index (χ4v) is 2.40. The van der Waals surface area contributed by atoms with Gasteiger partial charge in [0.05, 0.1) is 5.56 Å². The largest absolute Gasteiger partial charge is 0.506 e. The van der Waals surface area contributed by atoms with Crippen molar-refractivity contribution >= 4 is 11.7 Å². The van der Waals surface area contributed by atoms with E-state index in [4.69, 9.17) is 10.5 Å². The Balaban J connectivity index is 2.34. The number of halogens is 3. The summed E-state index contributed by atoms with van der Waals surface area (Å²) in [7, 11) is 0. The molecule has 2 aromatic rings. The van der Waals surface area contributed by atoms with Gasteiger partial charge in [-0.25, -0.2) is 0 Å². The van der Waals surface area contributed by atoms with E-state index >= 15 is 0 Å². The van der Waals surface area contributed by atoms with Crippen molar-refractivity contribution in [2.24, 2.45) is 11.7 Å². The number of hydrogen-bond donors (Lipinski definition) is 2. The Morgan fingerprint density at radius 2 is 1.70 bits per heavy atom. The molecular weight excluding hydrogens is 363 g/mol. The van der Waals surface area contributed by atoms with Gasteiger partial charge in [-0.2, -0.15) is 13.2 Å². The van der Waals surface area contributed by atoms with Crippen LogP contribution >= 0.6 is 0 Å². The molecule has 2 aromatic carbocycles. The molecule has 0 fully saturated rings. The Morgan fingerprint density at radius 3 is 2.19 bits per heavy atom. The molecule has 0 bridgehead atoms. The van der Waals surface area contributed by atoms with Gasteiger partial charge in [0.25, 0.3) is 0 Å². The molecule has 0 spiro atoms. The van der Waals surface area contributed by atoms with Crippen LogP contribution in [0.25, 0.3) is 0 Å². The van der Waals surface area contributed by atoms with Gasteiger partial charge < -0.3 is 15.6 Å². The summed E-state index contributed by atoms with van der Waals surface area (Å²) in [6.45, 7) is 2.81. The molecule has 0 saturated carbocycles. The minimum absolute atomic E-state index is 0.237. The lowest BCUT2D eigenvalue weighted by molar-refractivity contribution is -0.140. The Kier molecular flexibility index (Phi) is 5.78. The van der Waals surface area contributed by atoms with Crippen LogP contribution in [0.4, 0.5) is 13.2 Å². The number of nitrogens with two attached hydrogens (primary N) is 1. The fraction of sp³-hybridized carbons (Fsp3) is 0.263. The molecule has 0 aliphatic heterocycles. The van der Waals surface area contributed by atoms with Crippen LogP contribution in [0.5, 0.6) is 11.5 Å². The zero-order valence-corrected chi connectivity index (χ0v) is 14.6. The highest BCUT2D eigenvalue weighted by Gasteiger charge is 2.39. The number of primary amides is 1. The molecule has 8 heteroatoms. The molecular formula is C19H18F3NO4. The highest BCUT2D eigenvalue weighted by molar-refractivity contribution is 6.00. The number of ketones is 1. The number of carbonyl (C=O) groups is 2. The maximum atomic E-state index is 13.4. The van der Waals surface area contributed by atoms with Crippen molar-refractivity contribution in [3.05, 3.63) is 58.7 Å². The van der Waals surface area contributed by atoms with Gasteiger partial charge >= 0.3 is 6.18 Å². The van der Waals surface area contributed by atoms with E-state index in [2.05, 4.69) is 0 Å². The van der Waals surface area contributed by atoms with Crippen LogP contribution in [0.2, 0.25) is 0 Å². The SMILES string of the molecule is CC(C)C(=O)c1ccc(OCc2ccc(C(N)=O)cc2)c(C(F)(F)F)c1O. The number of benzene rings is 2. The molecule has 0 aromatic heterocycles. The van der Waals surface area contributed by atoms with Gasteiger partial charge in [0.1, 0.15) is 23.7 Å². The van der Waals surface area contributed by atoms with Crippen molar-refractivity contribution in [3.63, 3.8) is 0 Å². The molecule has 1 amide bonds. The number of ether oxygens (including phenoxy) is 1. The molecule has 0 heterocycles. The van der Waals surface area contributed by atoms with Gasteiger partial charge in [-0.05, 0) is 29.8 Å². The number of phenolic OH excluding ortho intramolecular Hbond substituents is 1. The molecule has 0 radical (unpaired) electrons. The standard InChI is InChI=1S/C19H18F3NO4/c1-10(2)16(24)13-7-8-14(15(17(13)25)19(20,21)22)27-9-11-3-5-12(6-4-11)18(23)26/h3-8,10,25H,9H2,1-2H3,(H2,23,26). The van der Waals surface area contributed by atoms with E-state index in [1.807, 2.05) is 0 Å². The third-order valence-corrected chi connectivity index (χ3v) is 3.85. The first-order valence-corrected chi connectivity index (χ1v) is 8.01. The summed E-state index contributed by atoms with van der Waals surface area (Å²) in [4.78, 5) is 23.0. The zero-order chi connectivity index (χ0) is 20.4. The van der Waals surface area contributed by atoms with Crippen LogP contribution in [0.15, 0.2) is 36.4 Å². The van der Waals surface area contributed by atoms with Crippen LogP contribution in [0.3, 0.4) is 0 Å². The van der Waals surface area contributed by atoms with Crippen molar-refractivity contribution in [1.82, 2.24) is 0 Å². The first-order valence-electron chi connectivity index (χ1n) is 8.01. The molecule has 0 unspecified atom stereocenters. The molecule has 2 rings (SSSR count). The van der Waals surface area contributed by atoms with E-state index < -0.39 is 46.4 Å². The lowest BCUT2D eigenvalue weighted by Crippen LogP contribution is -2.14. The summed E-state index contributed by atoms with van der Waals surface area (Å²) in [6, 6.07) is 7.95. The number of phenols is 1. The van der Waals surface area contributed by atoms with Crippen LogP contribution in [0, 0.1) is 5.92 Å². The van der Waals surface area contributed by atoms with Crippen LogP contribution < -0.4 is 10.5 Å². The summed E-state index contributed by atoms with van der Waals surface area (Å²) < 4.78 is 45.5. The molecule has 5 nitrogen and oxygen atoms in total. The Bertz CT molecular complexity index is 858. The van der Waals surface area contributed by atoms with Gasteiger partial charge in [-0.3, -0.25) is 9.59 Å². The molecule has 0 atom stereocenters. The molecule has 0 aliphatic carbocycles. The van der Waals surface area contributed by atoms with Crippen LogP contribution in [-0.2, 0) is 12.8 Å². The minimum atomic E-state index is -4.91. The number of amides is 1. The van der Waals surface area contributed by atoms with Gasteiger partial charge in [0, 0.05) is 11.5 Å². The van der Waals surface area contributed by atoms with E-state index in [9.17, 15) is 27.9 Å². The topological polar surface area (TPSA) is 89.6 Å². The third-order valence-electron chi connectivity index (χ3n) is 3.85. The molecule has 3 N–H and O–H groups in total. The second-order valence-corrected chi connectivity index (χ2v) is 6.20. The van der Waals surface area contributed by atoms with Crippen molar-refractivity contribution in [2.45, 2.75) is 26.6 Å². The Labute approximate surface area is 153 Å². The van der Waals surface area contributed by atoms with E-state index in [0.717, 1.165) is 12.1 Å². The average Bonchev–Trinajstić information content (AvgIpc) is 2.58. The molecule has 0 aliphatic rings. The average molecular weight is 381 g/mol. The highest BCUT2D eigenvalue weighted by atomic mass is 19.4. The van der Waals surface area contributed by atoms with Crippen LogP contribution in [0.1, 0.15) is 45.7 Å². The second-order valence-electron chi connectivity index (χ2n) is 6.20. The fourth-order valence-electron chi connectivity index (χ4n) is 2.40. The molecule has 27 heavy (non-hydrogen) atoms. The lowest BCUT2D eigenvalue weighted by Gasteiger charge is -2.18. The quantitative estimate of drug-likeness (QED) is 0.742. The summed E-state index contributed by atoms with van der Waals surface area (Å²) in [5.74, 6) is -3.56. The highest BCUT2D eigenvalue weighted by Crippen LogP contribution is 2.44. The maximum Gasteiger partial charge on any atom is 0.423 e. The predicted octanol–water partition coefficient (Wildman–Crippen LogP) is 3.93. The Hall–Kier alpha value is -3.03. The maximum absolute atomic E-state index is 13.4. The number of aromatic hydroxyl groups is 1. The van der Waals surface area contributed by atoms with Crippen molar-refractivity contribution in [1.29, 1.82) is 0 Å². The van der Waals surface area contributed by atoms with Crippen LogP contribution in [-0.4, -0.2) is 16.8 Å². The first kappa shape index (κ1) is 20.3. The number of rotatable bonds is 6. The monoisotopic (exact) mass is 381 g/mol. The summed E-state index contributed by atoms with van der Waals surface area (Å²) in [5.41, 5.74) is 4.06. The summed E-state index contributed by atoms with van der Waals surface area (Å²) in [6.07, 6.45) is -4.91. The second kappa shape index (κ2) is 7.69. The predicted molar refractivity (Wildman–Crippen MR) is 91.6 cm³/mol. The van der Waals surface area contributed by atoms with E-state index in [1.165, 1.54) is 38.1 Å². The number of hydrogen-bond acceptors (Lipinski definition) is 4. The summed E-state index contributed by atoms with van der Waals surface area (Å²) in [5, 5.41) is 10.0. The molecule has 144 valence electrons. The molecule has 0 saturated heterocycles. The lowest BCUT2D eigenvalue weighted by atomic mass is 9.97. The third kappa shape index (κ3) is 4.58. The van der Waals surface area contributed by atoms with Gasteiger partial charge in [-0.1, -0.05) is 26.0 Å². The van der Waals surface area contributed by atoms with Gasteiger partial charge in [0.15, 0.2) is 5.78 Å². The summed E-state index contributed by atoms with van der Waals surface area (Å²) >= 11 is 0. The van der Waals surface area contributed by atoms with Crippen molar-refractivity contribution < 1.29 is 32.6 Å².